The fourth-order valence-corrected chi connectivity index (χ4v) is 5.15. The molecule has 186 valence electrons. The molecule has 9 nitrogen and oxygen atoms in total. The van der Waals surface area contributed by atoms with E-state index >= 15 is 0 Å². The number of benzene rings is 1. The number of thioether (sulfide) groups is 1. The molecule has 3 rings (SSSR count). The Labute approximate surface area is 204 Å². The maximum absolute atomic E-state index is 13.3. The predicted molar refractivity (Wildman–Crippen MR) is 133 cm³/mol. The third-order valence-electron chi connectivity index (χ3n) is 6.05. The van der Waals surface area contributed by atoms with Gasteiger partial charge in [0.1, 0.15) is 12.1 Å². The number of nitrogens with one attached hydrogen (secondary N) is 3. The molecule has 0 aromatic heterocycles. The zero-order valence-corrected chi connectivity index (χ0v) is 21.0. The Bertz CT molecular complexity index is 957. The number of likely N-dealkylation sites (tertiary alicyclic amines) is 1. The van der Waals surface area contributed by atoms with Crippen molar-refractivity contribution in [1.29, 1.82) is 0 Å². The summed E-state index contributed by atoms with van der Waals surface area (Å²) in [5.41, 5.74) is 8.04. The number of hydrogen-bond acceptors (Lipinski definition) is 7. The summed E-state index contributed by atoms with van der Waals surface area (Å²) in [6, 6.07) is 6.33. The lowest BCUT2D eigenvalue weighted by molar-refractivity contribution is -0.143. The van der Waals surface area contributed by atoms with Crippen LogP contribution in [0.25, 0.3) is 4.91 Å². The Hall–Kier alpha value is -2.56. The van der Waals surface area contributed by atoms with Crippen molar-refractivity contribution in [2.45, 2.75) is 58.8 Å². The van der Waals surface area contributed by atoms with Gasteiger partial charge in [-0.1, -0.05) is 45.0 Å². The Morgan fingerprint density at radius 1 is 1.26 bits per heavy atom. The van der Waals surface area contributed by atoms with Gasteiger partial charge in [0.2, 0.25) is 17.7 Å². The van der Waals surface area contributed by atoms with Gasteiger partial charge in [-0.15, -0.1) is 11.8 Å². The van der Waals surface area contributed by atoms with E-state index in [9.17, 15) is 19.5 Å². The summed E-state index contributed by atoms with van der Waals surface area (Å²) in [5, 5.41) is 19.1. The molecular formula is C24H35N5O4S. The third-order valence-corrected chi connectivity index (χ3v) is 7.16. The molecule has 3 amide bonds. The van der Waals surface area contributed by atoms with Crippen molar-refractivity contribution < 1.29 is 19.5 Å². The molecule has 0 bridgehead atoms. The highest BCUT2D eigenvalue weighted by Crippen LogP contribution is 2.33. The van der Waals surface area contributed by atoms with Gasteiger partial charge in [-0.2, -0.15) is 0 Å². The molecule has 1 aromatic carbocycles. The Morgan fingerprint density at radius 2 is 1.94 bits per heavy atom. The van der Waals surface area contributed by atoms with Crippen molar-refractivity contribution in [3.63, 3.8) is 0 Å². The van der Waals surface area contributed by atoms with Gasteiger partial charge < -0.3 is 31.7 Å². The number of nitrogens with two attached hydrogens (primary N) is 1. The summed E-state index contributed by atoms with van der Waals surface area (Å²) in [4.78, 5) is 40.8. The second-order valence-electron chi connectivity index (χ2n) is 9.80. The highest BCUT2D eigenvalue weighted by molar-refractivity contribution is 8.08. The number of amides is 3. The average molecular weight is 490 g/mol. The average Bonchev–Trinajstić information content (AvgIpc) is 3.40. The zero-order valence-electron chi connectivity index (χ0n) is 20.2. The first-order valence-corrected chi connectivity index (χ1v) is 12.4. The Balaban J connectivity index is 1.66. The first kappa shape index (κ1) is 26.1. The largest absolute Gasteiger partial charge is 0.391 e. The molecule has 1 saturated heterocycles. The van der Waals surface area contributed by atoms with Gasteiger partial charge in [-0.25, -0.2) is 0 Å². The van der Waals surface area contributed by atoms with Gasteiger partial charge in [-0.05, 0) is 23.5 Å². The zero-order chi connectivity index (χ0) is 25.0. The van der Waals surface area contributed by atoms with E-state index in [2.05, 4.69) is 22.9 Å². The van der Waals surface area contributed by atoms with E-state index in [1.807, 2.05) is 45.0 Å². The molecular weight excluding hydrogens is 454 g/mol. The van der Waals surface area contributed by atoms with Crippen molar-refractivity contribution in [1.82, 2.24) is 20.9 Å². The molecule has 2 heterocycles. The second-order valence-corrected chi connectivity index (χ2v) is 10.8. The van der Waals surface area contributed by atoms with Gasteiger partial charge in [0.25, 0.3) is 0 Å². The number of aliphatic hydroxyl groups excluding tert-OH is 1. The lowest BCUT2D eigenvalue weighted by Crippen LogP contribution is -2.58. The quantitative estimate of drug-likeness (QED) is 0.381. The standard InChI is InChI=1S/C24H35N5O4S/c1-14-20(34-13-27-14)16-7-5-15(6-8-16)11-26-22(32)18-9-17(30)12-29(18)23(33)21(24(2,3)4)28-19(31)10-25/h5-8,17-18,21,27,30H,9-13,25H2,1-4H3,(H,26,32)(H,28,31)/t17-,18+,21-/m1/s1. The maximum Gasteiger partial charge on any atom is 0.246 e. The molecule has 6 N–H and O–H groups in total. The fraction of sp³-hybridized carbons (Fsp3) is 0.542. The van der Waals surface area contributed by atoms with Crippen LogP contribution in [0.5, 0.6) is 0 Å². The van der Waals surface area contributed by atoms with E-state index in [1.54, 1.807) is 11.8 Å². The number of carbonyl (C=O) groups is 3. The van der Waals surface area contributed by atoms with E-state index in [4.69, 9.17) is 5.73 Å². The number of allylic oxidation sites excluding steroid dienone is 1. The third kappa shape index (κ3) is 6.11. The number of aliphatic hydroxyl groups is 1. The Kier molecular flexibility index (Phi) is 8.27. The summed E-state index contributed by atoms with van der Waals surface area (Å²) in [6.07, 6.45) is -0.658. The van der Waals surface area contributed by atoms with Crippen LogP contribution in [0.3, 0.4) is 0 Å². The van der Waals surface area contributed by atoms with Crippen molar-refractivity contribution in [3.8, 4) is 0 Å². The van der Waals surface area contributed by atoms with Crippen molar-refractivity contribution in [3.05, 3.63) is 41.1 Å². The lowest BCUT2D eigenvalue weighted by atomic mass is 9.85. The van der Waals surface area contributed by atoms with Gasteiger partial charge >= 0.3 is 0 Å². The Morgan fingerprint density at radius 3 is 2.50 bits per heavy atom. The van der Waals surface area contributed by atoms with Gasteiger partial charge in [0.15, 0.2) is 0 Å². The van der Waals surface area contributed by atoms with Gasteiger partial charge in [-0.3, -0.25) is 14.4 Å². The first-order valence-electron chi connectivity index (χ1n) is 11.4. The van der Waals surface area contributed by atoms with Gasteiger partial charge in [0.05, 0.1) is 18.5 Å². The summed E-state index contributed by atoms with van der Waals surface area (Å²) in [6.45, 7) is 7.65. The van der Waals surface area contributed by atoms with E-state index in [0.717, 1.165) is 22.7 Å². The SMILES string of the molecule is CC1=C(c2ccc(CNC(=O)[C@@H]3C[C@@H](O)CN3C(=O)[C@@H](NC(=O)CN)C(C)(C)C)cc2)SCN1. The van der Waals surface area contributed by atoms with Crippen LogP contribution < -0.4 is 21.7 Å². The molecule has 1 fully saturated rings. The number of nitrogens with zero attached hydrogens (tertiary/aromatic N) is 1. The van der Waals surface area contributed by atoms with E-state index in [0.29, 0.717) is 6.54 Å². The minimum Gasteiger partial charge on any atom is -0.391 e. The number of hydrogen-bond donors (Lipinski definition) is 5. The van der Waals surface area contributed by atoms with Crippen molar-refractivity contribution in [2.24, 2.45) is 11.1 Å². The van der Waals surface area contributed by atoms with Crippen molar-refractivity contribution >= 4 is 34.4 Å². The van der Waals surface area contributed by atoms with E-state index < -0.39 is 35.4 Å². The molecule has 2 aliphatic heterocycles. The minimum atomic E-state index is -0.864. The number of β-amino-alcohol motifs (C(OH)–C–C–N with tert-alkyl or cyclic N) is 1. The van der Waals surface area contributed by atoms with Crippen LogP contribution >= 0.6 is 11.8 Å². The van der Waals surface area contributed by atoms with Crippen LogP contribution in [0.2, 0.25) is 0 Å². The highest BCUT2D eigenvalue weighted by Gasteiger charge is 2.44. The number of rotatable bonds is 7. The molecule has 1 aromatic rings. The van der Waals surface area contributed by atoms with E-state index in [-0.39, 0.29) is 25.4 Å². The second kappa shape index (κ2) is 10.8. The smallest absolute Gasteiger partial charge is 0.246 e. The molecule has 0 saturated carbocycles. The van der Waals surface area contributed by atoms with Crippen LogP contribution in [0.4, 0.5) is 0 Å². The van der Waals surface area contributed by atoms with Crippen LogP contribution in [0.1, 0.15) is 45.2 Å². The summed E-state index contributed by atoms with van der Waals surface area (Å²) >= 11 is 1.76. The fourth-order valence-electron chi connectivity index (χ4n) is 4.13. The van der Waals surface area contributed by atoms with Crippen LogP contribution in [-0.2, 0) is 20.9 Å². The monoisotopic (exact) mass is 489 g/mol. The molecule has 0 unspecified atom stereocenters. The van der Waals surface area contributed by atoms with Crippen LogP contribution in [0, 0.1) is 5.41 Å². The number of carbonyl (C=O) groups excluding carboxylic acids is 3. The molecule has 2 aliphatic rings. The molecule has 0 aliphatic carbocycles. The molecule has 10 heteroatoms. The molecule has 0 spiro atoms. The normalized spacial score (nSPS) is 21.3. The predicted octanol–water partition coefficient (Wildman–Crippen LogP) is 0.737. The maximum atomic E-state index is 13.3. The topological polar surface area (TPSA) is 137 Å². The van der Waals surface area contributed by atoms with E-state index in [1.165, 1.54) is 9.81 Å². The highest BCUT2D eigenvalue weighted by atomic mass is 32.2. The van der Waals surface area contributed by atoms with Gasteiger partial charge in [0, 0.05) is 30.1 Å². The minimum absolute atomic E-state index is 0.0385. The molecule has 34 heavy (non-hydrogen) atoms. The van der Waals surface area contributed by atoms with Crippen LogP contribution in [0.15, 0.2) is 30.0 Å². The molecule has 3 atom stereocenters. The summed E-state index contributed by atoms with van der Waals surface area (Å²) < 4.78 is 0. The summed E-state index contributed by atoms with van der Waals surface area (Å²) in [5.74, 6) is -0.314. The lowest BCUT2D eigenvalue weighted by Gasteiger charge is -2.35. The first-order chi connectivity index (χ1) is 16.0. The summed E-state index contributed by atoms with van der Waals surface area (Å²) in [7, 11) is 0. The van der Waals surface area contributed by atoms with Crippen LogP contribution in [-0.4, -0.2) is 64.9 Å². The van der Waals surface area contributed by atoms with Crippen molar-refractivity contribution in [2.75, 3.05) is 19.0 Å². The molecule has 0 radical (unpaired) electrons.